The molecule has 92 valence electrons. The molecule has 1 N–H and O–H groups in total. The van der Waals surface area contributed by atoms with Gasteiger partial charge < -0.3 is 10.2 Å². The van der Waals surface area contributed by atoms with Crippen LogP contribution in [-0.4, -0.2) is 58.6 Å². The minimum absolute atomic E-state index is 0.243. The van der Waals surface area contributed by atoms with Crippen molar-refractivity contribution < 1.29 is 8.42 Å². The van der Waals surface area contributed by atoms with Gasteiger partial charge in [0, 0.05) is 18.8 Å². The summed E-state index contributed by atoms with van der Waals surface area (Å²) in [5, 5.41) is 3.11. The summed E-state index contributed by atoms with van der Waals surface area (Å²) >= 11 is 0. The third kappa shape index (κ3) is 7.76. The molecule has 4 nitrogen and oxygen atoms in total. The highest BCUT2D eigenvalue weighted by atomic mass is 32.2. The summed E-state index contributed by atoms with van der Waals surface area (Å²) in [6.45, 7) is 6.37. The molecule has 1 atom stereocenters. The number of sulfone groups is 1. The first-order chi connectivity index (χ1) is 6.91. The number of nitrogens with one attached hydrogen (secondary N) is 1. The Bertz CT molecular complexity index is 252. The Kier molecular flexibility index (Phi) is 7.13. The van der Waals surface area contributed by atoms with Crippen molar-refractivity contribution in [2.45, 2.75) is 13.8 Å². The highest BCUT2D eigenvalue weighted by Crippen LogP contribution is 1.98. The normalized spacial score (nSPS) is 14.5. The standard InChI is InChI=1S/C10H24N2O2S/c1-5-15(13,14)7-6-12(4)9-10(2)8-11-3/h10-11H,5-9H2,1-4H3. The minimum Gasteiger partial charge on any atom is -0.319 e. The molecular weight excluding hydrogens is 212 g/mol. The Morgan fingerprint density at radius 3 is 2.47 bits per heavy atom. The fourth-order valence-corrected chi connectivity index (χ4v) is 2.35. The maximum Gasteiger partial charge on any atom is 0.151 e. The predicted octanol–water partition coefficient (Wildman–Crippen LogP) is 0.208. The number of nitrogens with zero attached hydrogens (tertiary/aromatic N) is 1. The Hall–Kier alpha value is -0.130. The van der Waals surface area contributed by atoms with E-state index in [0.717, 1.165) is 13.1 Å². The monoisotopic (exact) mass is 236 g/mol. The van der Waals surface area contributed by atoms with Crippen LogP contribution in [0.5, 0.6) is 0 Å². The Balaban J connectivity index is 3.80. The van der Waals surface area contributed by atoms with Gasteiger partial charge in [0.1, 0.15) is 0 Å². The molecule has 0 aliphatic heterocycles. The molecule has 0 saturated heterocycles. The molecule has 0 radical (unpaired) electrons. The lowest BCUT2D eigenvalue weighted by Gasteiger charge is -2.20. The van der Waals surface area contributed by atoms with Crippen LogP contribution in [0.15, 0.2) is 0 Å². The summed E-state index contributed by atoms with van der Waals surface area (Å²) in [4.78, 5) is 2.08. The van der Waals surface area contributed by atoms with Crippen molar-refractivity contribution in [3.63, 3.8) is 0 Å². The van der Waals surface area contributed by atoms with Crippen molar-refractivity contribution in [3.05, 3.63) is 0 Å². The fourth-order valence-electron chi connectivity index (χ4n) is 1.48. The highest BCUT2D eigenvalue weighted by Gasteiger charge is 2.10. The van der Waals surface area contributed by atoms with Gasteiger partial charge in [0.15, 0.2) is 9.84 Å². The van der Waals surface area contributed by atoms with Crippen molar-refractivity contribution in [1.29, 1.82) is 0 Å². The topological polar surface area (TPSA) is 49.4 Å². The van der Waals surface area contributed by atoms with Gasteiger partial charge in [0.2, 0.25) is 0 Å². The summed E-state index contributed by atoms with van der Waals surface area (Å²) in [5.41, 5.74) is 0. The summed E-state index contributed by atoms with van der Waals surface area (Å²) in [7, 11) is 1.08. The van der Waals surface area contributed by atoms with Gasteiger partial charge in [0.05, 0.1) is 5.75 Å². The molecule has 0 fully saturated rings. The van der Waals surface area contributed by atoms with Crippen LogP contribution in [0.1, 0.15) is 13.8 Å². The third-order valence-corrected chi connectivity index (χ3v) is 4.08. The van der Waals surface area contributed by atoms with Crippen molar-refractivity contribution in [3.8, 4) is 0 Å². The molecular formula is C10H24N2O2S. The lowest BCUT2D eigenvalue weighted by Crippen LogP contribution is -2.33. The fraction of sp³-hybridized carbons (Fsp3) is 1.00. The molecule has 15 heavy (non-hydrogen) atoms. The van der Waals surface area contributed by atoms with E-state index in [-0.39, 0.29) is 11.5 Å². The van der Waals surface area contributed by atoms with Crippen LogP contribution in [0.25, 0.3) is 0 Å². The van der Waals surface area contributed by atoms with Gasteiger partial charge >= 0.3 is 0 Å². The highest BCUT2D eigenvalue weighted by molar-refractivity contribution is 7.91. The van der Waals surface area contributed by atoms with Crippen molar-refractivity contribution in [2.75, 3.05) is 45.2 Å². The lowest BCUT2D eigenvalue weighted by molar-refractivity contribution is 0.297. The molecule has 0 amide bonds. The SMILES string of the molecule is CCS(=O)(=O)CCN(C)CC(C)CNC. The number of rotatable bonds is 8. The number of hydrogen-bond acceptors (Lipinski definition) is 4. The first-order valence-corrected chi connectivity index (χ1v) is 7.27. The molecule has 0 heterocycles. The second-order valence-electron chi connectivity index (χ2n) is 4.16. The smallest absolute Gasteiger partial charge is 0.151 e. The van der Waals surface area contributed by atoms with Crippen molar-refractivity contribution in [2.24, 2.45) is 5.92 Å². The van der Waals surface area contributed by atoms with Crippen LogP contribution in [0, 0.1) is 5.92 Å². The summed E-state index contributed by atoms with van der Waals surface area (Å²) in [6.07, 6.45) is 0. The van der Waals surface area contributed by atoms with E-state index in [1.807, 2.05) is 14.1 Å². The molecule has 0 aliphatic carbocycles. The Morgan fingerprint density at radius 2 is 2.00 bits per heavy atom. The van der Waals surface area contributed by atoms with Gasteiger partial charge in [-0.05, 0) is 26.6 Å². The average Bonchev–Trinajstić information content (AvgIpc) is 2.15. The third-order valence-electron chi connectivity index (χ3n) is 2.40. The van der Waals surface area contributed by atoms with Crippen molar-refractivity contribution >= 4 is 9.84 Å². The van der Waals surface area contributed by atoms with E-state index < -0.39 is 9.84 Å². The zero-order valence-corrected chi connectivity index (χ0v) is 11.1. The average molecular weight is 236 g/mol. The molecule has 0 bridgehead atoms. The molecule has 0 saturated carbocycles. The van der Waals surface area contributed by atoms with E-state index in [2.05, 4.69) is 17.1 Å². The molecule has 0 aromatic rings. The van der Waals surface area contributed by atoms with Gasteiger partial charge in [0.25, 0.3) is 0 Å². The van der Waals surface area contributed by atoms with Crippen LogP contribution in [0.4, 0.5) is 0 Å². The van der Waals surface area contributed by atoms with Crippen LogP contribution in [0.2, 0.25) is 0 Å². The van der Waals surface area contributed by atoms with Crippen LogP contribution in [0.3, 0.4) is 0 Å². The molecule has 0 aliphatic rings. The summed E-state index contributed by atoms with van der Waals surface area (Å²) < 4.78 is 22.6. The Labute approximate surface area is 94.0 Å². The summed E-state index contributed by atoms with van der Waals surface area (Å²) in [5.74, 6) is 1.06. The zero-order chi connectivity index (χ0) is 11.9. The summed E-state index contributed by atoms with van der Waals surface area (Å²) in [6, 6.07) is 0. The number of hydrogen-bond donors (Lipinski definition) is 1. The second-order valence-corrected chi connectivity index (χ2v) is 6.63. The van der Waals surface area contributed by atoms with E-state index in [4.69, 9.17) is 0 Å². The first kappa shape index (κ1) is 14.9. The predicted molar refractivity (Wildman–Crippen MR) is 64.9 cm³/mol. The molecule has 0 aromatic carbocycles. The largest absolute Gasteiger partial charge is 0.319 e. The molecule has 1 unspecified atom stereocenters. The molecule has 0 spiro atoms. The molecule has 0 rings (SSSR count). The maximum absolute atomic E-state index is 11.3. The Morgan fingerprint density at radius 1 is 1.40 bits per heavy atom. The van der Waals surface area contributed by atoms with Gasteiger partial charge in [-0.15, -0.1) is 0 Å². The molecule has 0 aromatic heterocycles. The van der Waals surface area contributed by atoms with E-state index in [1.54, 1.807) is 6.92 Å². The van der Waals surface area contributed by atoms with Gasteiger partial charge in [-0.2, -0.15) is 0 Å². The van der Waals surface area contributed by atoms with Gasteiger partial charge in [-0.1, -0.05) is 13.8 Å². The first-order valence-electron chi connectivity index (χ1n) is 5.44. The lowest BCUT2D eigenvalue weighted by atomic mass is 10.2. The second kappa shape index (κ2) is 7.19. The zero-order valence-electron chi connectivity index (χ0n) is 10.3. The van der Waals surface area contributed by atoms with E-state index in [1.165, 1.54) is 0 Å². The van der Waals surface area contributed by atoms with Gasteiger partial charge in [-0.25, -0.2) is 8.42 Å². The van der Waals surface area contributed by atoms with Gasteiger partial charge in [-0.3, -0.25) is 0 Å². The van der Waals surface area contributed by atoms with Crippen molar-refractivity contribution in [1.82, 2.24) is 10.2 Å². The quantitative estimate of drug-likeness (QED) is 0.654. The van der Waals surface area contributed by atoms with E-state index in [9.17, 15) is 8.42 Å². The van der Waals surface area contributed by atoms with E-state index >= 15 is 0 Å². The van der Waals surface area contributed by atoms with Crippen LogP contribution < -0.4 is 5.32 Å². The van der Waals surface area contributed by atoms with Crippen LogP contribution >= 0.6 is 0 Å². The maximum atomic E-state index is 11.3. The minimum atomic E-state index is -2.82. The molecule has 5 heteroatoms. The van der Waals surface area contributed by atoms with Crippen LogP contribution in [-0.2, 0) is 9.84 Å². The van der Waals surface area contributed by atoms with E-state index in [0.29, 0.717) is 12.5 Å².